The highest BCUT2D eigenvalue weighted by Gasteiger charge is 2.04. The fourth-order valence-corrected chi connectivity index (χ4v) is 1.31. The summed E-state index contributed by atoms with van der Waals surface area (Å²) in [6.07, 6.45) is 0.399. The number of rotatable bonds is 2. The number of aryl methyl sites for hydroxylation is 1. The molecule has 0 aliphatic heterocycles. The SMILES string of the molecule is Cc1cc(Cl)c(CCO)cc1F. The minimum Gasteiger partial charge on any atom is -0.396 e. The Hall–Kier alpha value is -0.600. The molecule has 66 valence electrons. The van der Waals surface area contributed by atoms with Gasteiger partial charge in [0.25, 0.3) is 0 Å². The van der Waals surface area contributed by atoms with Gasteiger partial charge in [-0.25, -0.2) is 4.39 Å². The van der Waals surface area contributed by atoms with E-state index >= 15 is 0 Å². The summed E-state index contributed by atoms with van der Waals surface area (Å²) in [6.45, 7) is 1.64. The van der Waals surface area contributed by atoms with Crippen molar-refractivity contribution >= 4 is 11.6 Å². The first-order chi connectivity index (χ1) is 5.65. The van der Waals surface area contributed by atoms with Gasteiger partial charge in [-0.2, -0.15) is 0 Å². The van der Waals surface area contributed by atoms with Gasteiger partial charge in [0.15, 0.2) is 0 Å². The normalized spacial score (nSPS) is 10.3. The first kappa shape index (κ1) is 9.49. The molecule has 0 fully saturated rings. The summed E-state index contributed by atoms with van der Waals surface area (Å²) in [5.41, 5.74) is 1.18. The summed E-state index contributed by atoms with van der Waals surface area (Å²) in [5.74, 6) is -0.275. The third-order valence-corrected chi connectivity index (χ3v) is 2.06. The van der Waals surface area contributed by atoms with Gasteiger partial charge in [-0.15, -0.1) is 0 Å². The molecule has 0 aromatic heterocycles. The van der Waals surface area contributed by atoms with Crippen molar-refractivity contribution in [2.45, 2.75) is 13.3 Å². The van der Waals surface area contributed by atoms with Crippen LogP contribution in [0.5, 0.6) is 0 Å². The van der Waals surface area contributed by atoms with Gasteiger partial charge in [0.1, 0.15) is 5.82 Å². The first-order valence-corrected chi connectivity index (χ1v) is 4.08. The highest BCUT2D eigenvalue weighted by Crippen LogP contribution is 2.20. The maximum absolute atomic E-state index is 12.9. The van der Waals surface area contributed by atoms with E-state index < -0.39 is 0 Å². The lowest BCUT2D eigenvalue weighted by Gasteiger charge is -2.04. The maximum Gasteiger partial charge on any atom is 0.126 e. The Morgan fingerprint density at radius 1 is 1.50 bits per heavy atom. The van der Waals surface area contributed by atoms with E-state index in [1.807, 2.05) is 0 Å². The van der Waals surface area contributed by atoms with Crippen LogP contribution in [0.2, 0.25) is 5.02 Å². The molecule has 1 N–H and O–H groups in total. The van der Waals surface area contributed by atoms with E-state index in [1.54, 1.807) is 13.0 Å². The van der Waals surface area contributed by atoms with Gasteiger partial charge in [-0.3, -0.25) is 0 Å². The largest absolute Gasteiger partial charge is 0.396 e. The van der Waals surface area contributed by atoms with Crippen LogP contribution in [0.15, 0.2) is 12.1 Å². The zero-order chi connectivity index (χ0) is 9.14. The smallest absolute Gasteiger partial charge is 0.126 e. The van der Waals surface area contributed by atoms with Crippen LogP contribution in [0, 0.1) is 12.7 Å². The standard InChI is InChI=1S/C9H10ClFO/c1-6-4-8(10)7(2-3-12)5-9(6)11/h4-5,12H,2-3H2,1H3. The molecule has 1 aromatic rings. The average Bonchev–Trinajstić information content (AvgIpc) is 2.01. The van der Waals surface area contributed by atoms with Gasteiger partial charge in [0.05, 0.1) is 0 Å². The summed E-state index contributed by atoms with van der Waals surface area (Å²) < 4.78 is 12.9. The molecule has 0 bridgehead atoms. The van der Waals surface area contributed by atoms with E-state index in [2.05, 4.69) is 0 Å². The molecule has 0 heterocycles. The molecule has 0 amide bonds. The highest BCUT2D eigenvalue weighted by atomic mass is 35.5. The molecule has 0 unspecified atom stereocenters. The summed E-state index contributed by atoms with van der Waals surface area (Å²) in [4.78, 5) is 0. The molecule has 0 saturated carbocycles. The summed E-state index contributed by atoms with van der Waals surface area (Å²) in [5, 5.41) is 9.14. The minimum absolute atomic E-state index is 0.0117. The van der Waals surface area contributed by atoms with Crippen LogP contribution in [-0.2, 0) is 6.42 Å². The first-order valence-electron chi connectivity index (χ1n) is 3.70. The van der Waals surface area contributed by atoms with Crippen LogP contribution in [0.4, 0.5) is 4.39 Å². The lowest BCUT2D eigenvalue weighted by atomic mass is 10.1. The van der Waals surface area contributed by atoms with E-state index in [-0.39, 0.29) is 12.4 Å². The van der Waals surface area contributed by atoms with E-state index in [0.717, 1.165) is 0 Å². The molecule has 0 aliphatic rings. The van der Waals surface area contributed by atoms with Crippen LogP contribution in [-0.4, -0.2) is 11.7 Å². The molecule has 1 nitrogen and oxygen atoms in total. The molecular formula is C9H10ClFO. The van der Waals surface area contributed by atoms with Crippen molar-refractivity contribution in [3.8, 4) is 0 Å². The third kappa shape index (κ3) is 1.96. The van der Waals surface area contributed by atoms with Crippen molar-refractivity contribution in [2.75, 3.05) is 6.61 Å². The fraction of sp³-hybridized carbons (Fsp3) is 0.333. The van der Waals surface area contributed by atoms with Gasteiger partial charge in [0.2, 0.25) is 0 Å². The van der Waals surface area contributed by atoms with Gasteiger partial charge in [-0.1, -0.05) is 11.6 Å². The zero-order valence-corrected chi connectivity index (χ0v) is 7.53. The van der Waals surface area contributed by atoms with Crippen molar-refractivity contribution in [3.63, 3.8) is 0 Å². The molecule has 0 aliphatic carbocycles. The van der Waals surface area contributed by atoms with Gasteiger partial charge < -0.3 is 5.11 Å². The molecule has 0 saturated heterocycles. The number of hydrogen-bond donors (Lipinski definition) is 1. The van der Waals surface area contributed by atoms with Crippen LogP contribution >= 0.6 is 11.6 Å². The van der Waals surface area contributed by atoms with Crippen LogP contribution in [0.1, 0.15) is 11.1 Å². The van der Waals surface area contributed by atoms with Crippen molar-refractivity contribution in [2.24, 2.45) is 0 Å². The molecule has 12 heavy (non-hydrogen) atoms. The maximum atomic E-state index is 12.9. The summed E-state index contributed by atoms with van der Waals surface area (Å²) >= 11 is 5.80. The number of aliphatic hydroxyl groups is 1. The second kappa shape index (κ2) is 3.87. The Morgan fingerprint density at radius 3 is 2.75 bits per heavy atom. The highest BCUT2D eigenvalue weighted by molar-refractivity contribution is 6.31. The lowest BCUT2D eigenvalue weighted by molar-refractivity contribution is 0.299. The molecule has 0 radical (unpaired) electrons. The summed E-state index contributed by atoms with van der Waals surface area (Å²) in [6, 6.07) is 2.94. The van der Waals surface area contributed by atoms with E-state index in [4.69, 9.17) is 16.7 Å². The Bertz CT molecular complexity index is 286. The topological polar surface area (TPSA) is 20.2 Å². The Morgan fingerprint density at radius 2 is 2.17 bits per heavy atom. The number of halogens is 2. The second-order valence-electron chi connectivity index (χ2n) is 2.67. The van der Waals surface area contributed by atoms with Crippen molar-refractivity contribution in [1.29, 1.82) is 0 Å². The zero-order valence-electron chi connectivity index (χ0n) is 6.77. The second-order valence-corrected chi connectivity index (χ2v) is 3.07. The lowest BCUT2D eigenvalue weighted by Crippen LogP contribution is -1.94. The molecule has 0 atom stereocenters. The number of benzene rings is 1. The molecule has 1 aromatic carbocycles. The van der Waals surface area contributed by atoms with Crippen molar-refractivity contribution in [3.05, 3.63) is 34.1 Å². The Labute approximate surface area is 75.8 Å². The van der Waals surface area contributed by atoms with Crippen molar-refractivity contribution in [1.82, 2.24) is 0 Å². The number of hydrogen-bond acceptors (Lipinski definition) is 1. The van der Waals surface area contributed by atoms with Crippen LogP contribution in [0.3, 0.4) is 0 Å². The molecule has 0 spiro atoms. The molecular weight excluding hydrogens is 179 g/mol. The average molecular weight is 189 g/mol. The molecule has 3 heteroatoms. The predicted octanol–water partition coefficient (Wildman–Crippen LogP) is 2.32. The van der Waals surface area contributed by atoms with E-state index in [9.17, 15) is 4.39 Å². The van der Waals surface area contributed by atoms with Crippen LogP contribution in [0.25, 0.3) is 0 Å². The third-order valence-electron chi connectivity index (χ3n) is 1.71. The Balaban J connectivity index is 3.05. The van der Waals surface area contributed by atoms with E-state index in [1.165, 1.54) is 6.07 Å². The monoisotopic (exact) mass is 188 g/mol. The summed E-state index contributed by atoms with van der Waals surface area (Å²) in [7, 11) is 0. The van der Waals surface area contributed by atoms with Gasteiger partial charge in [-0.05, 0) is 36.6 Å². The minimum atomic E-state index is -0.275. The molecule has 1 rings (SSSR count). The van der Waals surface area contributed by atoms with Crippen LogP contribution < -0.4 is 0 Å². The quantitative estimate of drug-likeness (QED) is 0.755. The van der Waals surface area contributed by atoms with Crippen molar-refractivity contribution < 1.29 is 9.50 Å². The van der Waals surface area contributed by atoms with E-state index in [0.29, 0.717) is 22.6 Å². The van der Waals surface area contributed by atoms with Gasteiger partial charge >= 0.3 is 0 Å². The Kier molecular flexibility index (Phi) is 3.06. The van der Waals surface area contributed by atoms with Gasteiger partial charge in [0, 0.05) is 11.6 Å². The predicted molar refractivity (Wildman–Crippen MR) is 46.9 cm³/mol. The number of aliphatic hydroxyl groups excluding tert-OH is 1. The fourth-order valence-electron chi connectivity index (χ4n) is 1.000.